The number of aromatic nitrogens is 6. The van der Waals surface area contributed by atoms with Crippen LogP contribution in [0.2, 0.25) is 0 Å². The van der Waals surface area contributed by atoms with E-state index in [1.54, 1.807) is 69.0 Å². The molecule has 0 unspecified atom stereocenters. The van der Waals surface area contributed by atoms with Gasteiger partial charge in [0, 0.05) is 77.2 Å². The number of halogens is 6. The maximum atomic E-state index is 13.5. The fraction of sp³-hybridized carbons (Fsp3) is 0.156. The largest absolute Gasteiger partial charge is 0.586 e. The van der Waals surface area contributed by atoms with E-state index in [2.05, 4.69) is 71.0 Å². The van der Waals surface area contributed by atoms with E-state index in [0.717, 1.165) is 14.5 Å². The Morgan fingerprint density at radius 1 is 0.576 bits per heavy atom. The topological polar surface area (TPSA) is 179 Å². The third-order valence-corrected chi connectivity index (χ3v) is 11.1. The predicted molar refractivity (Wildman–Crippen MR) is 233 cm³/mol. The molecule has 0 bridgehead atoms. The summed E-state index contributed by atoms with van der Waals surface area (Å²) in [5.41, 5.74) is 6.00. The number of alkyl halides is 4. The summed E-state index contributed by atoms with van der Waals surface area (Å²) in [5.74, 6) is -0.0913. The zero-order chi connectivity index (χ0) is 47.0. The van der Waals surface area contributed by atoms with Crippen molar-refractivity contribution in [2.24, 2.45) is 14.1 Å². The number of oxazole rings is 2. The van der Waals surface area contributed by atoms with Crippen molar-refractivity contribution in [2.75, 3.05) is 0 Å². The molecule has 4 aromatic heterocycles. The SMILES string of the molecule is CC(=O)c1cc(-c2ccc(Br)cc2-c2oc(C)nc2-c2ccc3c(c2)OC(F)(F)O3)n(C)n1.Cc1nc(-c2ccc3c(c2)OC(F)(F)O3)c(-c2cc(Br)ccc2-c2cc(C(=O)O)nn2C)o1. The predicted octanol–water partition coefficient (Wildman–Crippen LogP) is 11.5. The summed E-state index contributed by atoms with van der Waals surface area (Å²) in [4.78, 5) is 32.2. The number of fused-ring (bicyclic) bond motifs is 2. The molecule has 0 saturated carbocycles. The zero-order valence-electron chi connectivity index (χ0n) is 34.7. The van der Waals surface area contributed by atoms with Gasteiger partial charge in [-0.2, -0.15) is 10.2 Å². The molecule has 2 aliphatic rings. The maximum absolute atomic E-state index is 13.5. The van der Waals surface area contributed by atoms with E-state index < -0.39 is 18.6 Å². The number of rotatable bonds is 8. The number of aryl methyl sites for hydroxylation is 4. The number of benzene rings is 4. The van der Waals surface area contributed by atoms with Crippen LogP contribution in [-0.4, -0.2) is 59.0 Å². The summed E-state index contributed by atoms with van der Waals surface area (Å²) in [5, 5.41) is 17.7. The number of carbonyl (C=O) groups excluding carboxylic acids is 1. The Hall–Kier alpha value is -7.26. The normalized spacial score (nSPS) is 14.0. The van der Waals surface area contributed by atoms with Crippen LogP contribution in [0.1, 0.15) is 39.7 Å². The lowest BCUT2D eigenvalue weighted by Crippen LogP contribution is -2.25. The average Bonchev–Trinajstić information content (AvgIpc) is 4.10. The molecule has 4 aromatic carbocycles. The number of carboxylic acids is 1. The Morgan fingerprint density at radius 3 is 1.38 bits per heavy atom. The van der Waals surface area contributed by atoms with Gasteiger partial charge in [-0.3, -0.25) is 14.2 Å². The second-order valence-electron chi connectivity index (χ2n) is 14.8. The third-order valence-electron chi connectivity index (χ3n) is 10.2. The highest BCUT2D eigenvalue weighted by Crippen LogP contribution is 2.48. The van der Waals surface area contributed by atoms with Crippen LogP contribution in [0, 0.1) is 13.8 Å². The number of carboxylic acid groups (broad SMARTS) is 1. The summed E-state index contributed by atoms with van der Waals surface area (Å²) < 4.78 is 88.6. The number of ketones is 1. The van der Waals surface area contributed by atoms with Gasteiger partial charge in [0.1, 0.15) is 17.1 Å². The van der Waals surface area contributed by atoms with Gasteiger partial charge in [-0.1, -0.05) is 44.0 Å². The first kappa shape index (κ1) is 44.0. The molecule has 2 aliphatic heterocycles. The molecule has 15 nitrogen and oxygen atoms in total. The van der Waals surface area contributed by atoms with Crippen molar-refractivity contribution in [1.29, 1.82) is 0 Å². The van der Waals surface area contributed by atoms with Gasteiger partial charge in [0.15, 0.2) is 57.8 Å². The standard InChI is InChI=1S/C23H16BrF2N3O4.C22H14BrF2N3O5/c1-11(30)17-10-18(29(3)28-17)15-6-5-14(24)9-16(15)22-21(27-12(2)31-22)13-4-7-19-20(8-13)33-23(25,26)32-19;1-10-26-19(11-3-6-17-18(7-11)33-22(24,25)32-17)20(31-10)14-8-12(23)4-5-13(14)16-9-15(21(29)30)27-28(16)2/h4-10H,1-3H3;3-9H,1-2H3,(H,29,30). The lowest BCUT2D eigenvalue weighted by Gasteiger charge is -2.10. The van der Waals surface area contributed by atoms with Crippen LogP contribution in [0.25, 0.3) is 67.7 Å². The van der Waals surface area contributed by atoms with Gasteiger partial charge in [-0.15, -0.1) is 17.6 Å². The van der Waals surface area contributed by atoms with E-state index in [1.165, 1.54) is 41.9 Å². The van der Waals surface area contributed by atoms with Crippen LogP contribution in [0.4, 0.5) is 17.6 Å². The van der Waals surface area contributed by atoms with Gasteiger partial charge in [0.2, 0.25) is 0 Å². The number of ether oxygens (including phenoxy) is 4. The van der Waals surface area contributed by atoms with Crippen molar-refractivity contribution in [3.05, 3.63) is 117 Å². The Labute approximate surface area is 386 Å². The second-order valence-corrected chi connectivity index (χ2v) is 16.6. The van der Waals surface area contributed by atoms with Gasteiger partial charge in [0.05, 0.1) is 11.4 Å². The molecule has 0 spiro atoms. The van der Waals surface area contributed by atoms with E-state index in [1.807, 2.05) is 18.2 Å². The third kappa shape index (κ3) is 8.41. The lowest BCUT2D eigenvalue weighted by molar-refractivity contribution is -0.287. The van der Waals surface area contributed by atoms with Crippen molar-refractivity contribution in [3.63, 3.8) is 0 Å². The van der Waals surface area contributed by atoms with Gasteiger partial charge < -0.3 is 32.9 Å². The molecule has 6 heterocycles. The Morgan fingerprint density at radius 2 is 0.985 bits per heavy atom. The minimum Gasteiger partial charge on any atom is -0.476 e. The number of Topliss-reactive ketones (excluding diaryl/α,β-unsaturated/α-hetero) is 1. The molecule has 0 atom stereocenters. The van der Waals surface area contributed by atoms with Crippen molar-refractivity contribution >= 4 is 43.6 Å². The van der Waals surface area contributed by atoms with Crippen LogP contribution in [0.15, 0.2) is 103 Å². The highest BCUT2D eigenvalue weighted by Gasteiger charge is 2.44. The number of hydrogen-bond acceptors (Lipinski definition) is 12. The second kappa shape index (κ2) is 16.3. The molecule has 10 rings (SSSR count). The Bertz CT molecular complexity index is 3070. The molecule has 0 radical (unpaired) electrons. The van der Waals surface area contributed by atoms with Crippen LogP contribution in [0.5, 0.6) is 23.0 Å². The number of carbonyl (C=O) groups is 2. The van der Waals surface area contributed by atoms with Gasteiger partial charge in [-0.25, -0.2) is 14.8 Å². The molecule has 336 valence electrons. The molecule has 0 aliphatic carbocycles. The maximum Gasteiger partial charge on any atom is 0.586 e. The van der Waals surface area contributed by atoms with Crippen molar-refractivity contribution in [1.82, 2.24) is 29.5 Å². The van der Waals surface area contributed by atoms with Gasteiger partial charge in [-0.05, 0) is 72.8 Å². The minimum atomic E-state index is -3.73. The molecule has 0 fully saturated rings. The summed E-state index contributed by atoms with van der Waals surface area (Å²) in [7, 11) is 3.39. The van der Waals surface area contributed by atoms with Crippen LogP contribution < -0.4 is 18.9 Å². The van der Waals surface area contributed by atoms with E-state index in [9.17, 15) is 32.3 Å². The summed E-state index contributed by atoms with van der Waals surface area (Å²) in [6.45, 7) is 4.82. The fourth-order valence-electron chi connectivity index (χ4n) is 7.37. The Kier molecular flexibility index (Phi) is 10.9. The first-order chi connectivity index (χ1) is 31.2. The lowest BCUT2D eigenvalue weighted by atomic mass is 9.98. The zero-order valence-corrected chi connectivity index (χ0v) is 37.9. The highest BCUT2D eigenvalue weighted by atomic mass is 79.9. The van der Waals surface area contributed by atoms with Crippen LogP contribution >= 0.6 is 31.9 Å². The van der Waals surface area contributed by atoms with E-state index >= 15 is 0 Å². The van der Waals surface area contributed by atoms with Crippen molar-refractivity contribution < 1.29 is 60.0 Å². The van der Waals surface area contributed by atoms with E-state index in [-0.39, 0.29) is 34.5 Å². The van der Waals surface area contributed by atoms with Crippen molar-refractivity contribution in [2.45, 2.75) is 33.4 Å². The van der Waals surface area contributed by atoms with Crippen LogP contribution in [-0.2, 0) is 14.1 Å². The number of nitrogens with zero attached hydrogens (tertiary/aromatic N) is 6. The molecular weight excluding hydrogens is 1000 g/mol. The first-order valence-electron chi connectivity index (χ1n) is 19.4. The van der Waals surface area contributed by atoms with Crippen molar-refractivity contribution in [3.8, 4) is 90.7 Å². The Balaban J connectivity index is 0.000000166. The molecule has 8 aromatic rings. The molecular formula is C45H30Br2F4N6O9. The monoisotopic (exact) mass is 1030 g/mol. The summed E-state index contributed by atoms with van der Waals surface area (Å²) >= 11 is 6.95. The molecule has 66 heavy (non-hydrogen) atoms. The fourth-order valence-corrected chi connectivity index (χ4v) is 8.10. The quantitative estimate of drug-likeness (QED) is 0.112. The summed E-state index contributed by atoms with van der Waals surface area (Å²) in [6.07, 6.45) is -7.45. The smallest absolute Gasteiger partial charge is 0.476 e. The first-order valence-corrected chi connectivity index (χ1v) is 21.0. The van der Waals surface area contributed by atoms with E-state index in [4.69, 9.17) is 8.83 Å². The molecule has 0 amide bonds. The average molecular weight is 1030 g/mol. The molecule has 0 saturated heterocycles. The molecule has 1 N–H and O–H groups in total. The summed E-state index contributed by atoms with van der Waals surface area (Å²) in [6, 6.07) is 23.0. The number of aromatic carboxylic acids is 1. The highest BCUT2D eigenvalue weighted by molar-refractivity contribution is 9.10. The minimum absolute atomic E-state index is 0.0553. The number of hydrogen-bond donors (Lipinski definition) is 1. The van der Waals surface area contributed by atoms with Gasteiger partial charge in [0.25, 0.3) is 0 Å². The van der Waals surface area contributed by atoms with Crippen LogP contribution in [0.3, 0.4) is 0 Å². The van der Waals surface area contributed by atoms with Gasteiger partial charge >= 0.3 is 18.6 Å². The van der Waals surface area contributed by atoms with E-state index in [0.29, 0.717) is 79.6 Å². The molecule has 21 heteroatoms.